The van der Waals surface area contributed by atoms with E-state index >= 15 is 0 Å². The second-order valence-electron chi connectivity index (χ2n) is 8.80. The number of nitrogens with zero attached hydrogens (tertiary/aromatic N) is 1. The summed E-state index contributed by atoms with van der Waals surface area (Å²) >= 11 is 0. The van der Waals surface area contributed by atoms with Gasteiger partial charge >= 0.3 is 0 Å². The normalized spacial score (nSPS) is 19.5. The second kappa shape index (κ2) is 11.2. The van der Waals surface area contributed by atoms with Gasteiger partial charge in [-0.3, -0.25) is 9.69 Å². The molecule has 7 nitrogen and oxygen atoms in total. The Balaban J connectivity index is 1.32. The Morgan fingerprint density at radius 1 is 0.970 bits per heavy atom. The van der Waals surface area contributed by atoms with Crippen LogP contribution in [0.1, 0.15) is 53.6 Å². The fraction of sp³-hybridized carbons (Fsp3) is 0.480. The number of hydrogen-bond donors (Lipinski definition) is 2. The summed E-state index contributed by atoms with van der Waals surface area (Å²) in [7, 11) is -3.63. The molecule has 0 spiro atoms. The number of carbonyl (C=O) groups is 1. The Morgan fingerprint density at radius 2 is 1.70 bits per heavy atom. The maximum atomic E-state index is 12.7. The van der Waals surface area contributed by atoms with E-state index in [1.165, 1.54) is 37.0 Å². The van der Waals surface area contributed by atoms with Crippen LogP contribution in [-0.2, 0) is 27.8 Å². The van der Waals surface area contributed by atoms with Crippen LogP contribution in [0.15, 0.2) is 53.4 Å². The van der Waals surface area contributed by atoms with Gasteiger partial charge in [0.25, 0.3) is 5.91 Å². The first-order chi connectivity index (χ1) is 16.0. The highest BCUT2D eigenvalue weighted by Crippen LogP contribution is 2.17. The van der Waals surface area contributed by atoms with Crippen molar-refractivity contribution in [2.45, 2.75) is 56.2 Å². The summed E-state index contributed by atoms with van der Waals surface area (Å²) in [4.78, 5) is 15.3. The first-order valence-corrected chi connectivity index (χ1v) is 13.3. The van der Waals surface area contributed by atoms with Crippen LogP contribution >= 0.6 is 0 Å². The molecule has 2 saturated heterocycles. The zero-order chi connectivity index (χ0) is 23.1. The van der Waals surface area contributed by atoms with Crippen LogP contribution in [0.5, 0.6) is 0 Å². The van der Waals surface area contributed by atoms with Crippen LogP contribution in [-0.4, -0.2) is 51.6 Å². The average molecular weight is 472 g/mol. The molecule has 1 amide bonds. The van der Waals surface area contributed by atoms with E-state index in [1.54, 1.807) is 12.1 Å². The zero-order valence-corrected chi connectivity index (χ0v) is 19.8. The third-order valence-electron chi connectivity index (χ3n) is 6.35. The molecular formula is C25H33N3O4S. The number of nitrogens with one attached hydrogen (secondary N) is 2. The molecule has 178 valence electrons. The van der Waals surface area contributed by atoms with E-state index < -0.39 is 10.0 Å². The van der Waals surface area contributed by atoms with Gasteiger partial charge in [0.15, 0.2) is 0 Å². The van der Waals surface area contributed by atoms with Crippen LogP contribution < -0.4 is 10.0 Å². The predicted molar refractivity (Wildman–Crippen MR) is 127 cm³/mol. The van der Waals surface area contributed by atoms with Gasteiger partial charge in [0.1, 0.15) is 0 Å². The Labute approximate surface area is 196 Å². The molecule has 0 aliphatic carbocycles. The van der Waals surface area contributed by atoms with Crippen molar-refractivity contribution in [2.24, 2.45) is 0 Å². The van der Waals surface area contributed by atoms with Crippen molar-refractivity contribution in [1.29, 1.82) is 0 Å². The maximum Gasteiger partial charge on any atom is 0.251 e. The number of carbonyl (C=O) groups excluding carboxylic acids is 1. The van der Waals surface area contributed by atoms with Crippen LogP contribution in [0.4, 0.5) is 0 Å². The summed E-state index contributed by atoms with van der Waals surface area (Å²) in [5, 5.41) is 2.97. The molecule has 0 radical (unpaired) electrons. The van der Waals surface area contributed by atoms with E-state index in [0.717, 1.165) is 38.0 Å². The minimum absolute atomic E-state index is 0.0670. The van der Waals surface area contributed by atoms with Gasteiger partial charge in [-0.25, -0.2) is 13.1 Å². The lowest BCUT2D eigenvalue weighted by molar-refractivity contribution is 0.0950. The average Bonchev–Trinajstić information content (AvgIpc) is 3.37. The van der Waals surface area contributed by atoms with Crippen molar-refractivity contribution in [2.75, 3.05) is 26.2 Å². The summed E-state index contributed by atoms with van der Waals surface area (Å²) in [6.45, 7) is 4.53. The fourth-order valence-corrected chi connectivity index (χ4v) is 5.46. The molecule has 0 aromatic heterocycles. The standard InChI is InChI=1S/C25H33N3O4S/c29-25(26-17-21-7-2-3-8-22(21)19-28-14-4-1-5-15-28)20-10-12-24(13-11-20)33(30,31)27-18-23-9-6-16-32-23/h2-3,7-8,10-13,23,27H,1,4-6,9,14-19H2,(H,26,29). The quantitative estimate of drug-likeness (QED) is 0.587. The van der Waals surface area contributed by atoms with E-state index in [2.05, 4.69) is 27.1 Å². The minimum atomic E-state index is -3.63. The number of hydrogen-bond acceptors (Lipinski definition) is 5. The molecule has 1 unspecified atom stereocenters. The van der Waals surface area contributed by atoms with E-state index in [9.17, 15) is 13.2 Å². The van der Waals surface area contributed by atoms with Gasteiger partial charge < -0.3 is 10.1 Å². The van der Waals surface area contributed by atoms with Gasteiger partial charge in [0, 0.05) is 31.8 Å². The first kappa shape index (κ1) is 23.9. The van der Waals surface area contributed by atoms with Crippen molar-refractivity contribution in [3.8, 4) is 0 Å². The lowest BCUT2D eigenvalue weighted by Crippen LogP contribution is -2.32. The molecule has 8 heteroatoms. The number of benzene rings is 2. The van der Waals surface area contributed by atoms with Crippen molar-refractivity contribution < 1.29 is 17.9 Å². The van der Waals surface area contributed by atoms with Crippen molar-refractivity contribution >= 4 is 15.9 Å². The highest BCUT2D eigenvalue weighted by Gasteiger charge is 2.20. The highest BCUT2D eigenvalue weighted by molar-refractivity contribution is 7.89. The van der Waals surface area contributed by atoms with Crippen molar-refractivity contribution in [3.05, 3.63) is 65.2 Å². The largest absolute Gasteiger partial charge is 0.377 e. The molecule has 4 rings (SSSR count). The number of sulfonamides is 1. The number of piperidine rings is 1. The van der Waals surface area contributed by atoms with Crippen molar-refractivity contribution in [1.82, 2.24) is 14.9 Å². The first-order valence-electron chi connectivity index (χ1n) is 11.8. The van der Waals surface area contributed by atoms with Crippen LogP contribution in [0.2, 0.25) is 0 Å². The molecule has 2 heterocycles. The number of likely N-dealkylation sites (tertiary alicyclic amines) is 1. The van der Waals surface area contributed by atoms with Crippen LogP contribution in [0.3, 0.4) is 0 Å². The molecule has 2 aliphatic heterocycles. The SMILES string of the molecule is O=C(NCc1ccccc1CN1CCCCC1)c1ccc(S(=O)(=O)NCC2CCCO2)cc1. The van der Waals surface area contributed by atoms with E-state index in [1.807, 2.05) is 12.1 Å². The van der Waals surface area contributed by atoms with E-state index in [4.69, 9.17) is 4.74 Å². The maximum absolute atomic E-state index is 12.7. The van der Waals surface area contributed by atoms with E-state index in [0.29, 0.717) is 18.7 Å². The Bertz CT molecular complexity index is 1030. The zero-order valence-electron chi connectivity index (χ0n) is 19.0. The van der Waals surface area contributed by atoms with Gasteiger partial charge in [0.2, 0.25) is 10.0 Å². The molecule has 33 heavy (non-hydrogen) atoms. The smallest absolute Gasteiger partial charge is 0.251 e. The molecule has 0 saturated carbocycles. The molecule has 0 bridgehead atoms. The molecule has 2 aliphatic rings. The highest BCUT2D eigenvalue weighted by atomic mass is 32.2. The Morgan fingerprint density at radius 3 is 2.39 bits per heavy atom. The number of amides is 1. The predicted octanol–water partition coefficient (Wildman–Crippen LogP) is 3.06. The summed E-state index contributed by atoms with van der Waals surface area (Å²) in [5.41, 5.74) is 2.77. The monoisotopic (exact) mass is 471 g/mol. The van der Waals surface area contributed by atoms with Crippen LogP contribution in [0, 0.1) is 0 Å². The summed E-state index contributed by atoms with van der Waals surface area (Å²) in [6, 6.07) is 14.2. The number of rotatable bonds is 9. The Kier molecular flexibility index (Phi) is 8.14. The number of ether oxygens (including phenoxy) is 1. The van der Waals surface area contributed by atoms with Crippen molar-refractivity contribution in [3.63, 3.8) is 0 Å². The van der Waals surface area contributed by atoms with Gasteiger partial charge in [-0.1, -0.05) is 30.7 Å². The van der Waals surface area contributed by atoms with Gasteiger partial charge in [-0.2, -0.15) is 0 Å². The molecule has 2 fully saturated rings. The molecule has 1 atom stereocenters. The van der Waals surface area contributed by atoms with Gasteiger partial charge in [-0.05, 0) is 74.2 Å². The third kappa shape index (κ3) is 6.63. The topological polar surface area (TPSA) is 87.7 Å². The van der Waals surface area contributed by atoms with E-state index in [-0.39, 0.29) is 23.5 Å². The minimum Gasteiger partial charge on any atom is -0.377 e. The Hall–Kier alpha value is -2.26. The molecule has 2 aromatic rings. The summed E-state index contributed by atoms with van der Waals surface area (Å²) in [5.74, 6) is -0.223. The lowest BCUT2D eigenvalue weighted by atomic mass is 10.0. The third-order valence-corrected chi connectivity index (χ3v) is 7.79. The van der Waals surface area contributed by atoms with Gasteiger partial charge in [0.05, 0.1) is 11.0 Å². The molecule has 2 aromatic carbocycles. The lowest BCUT2D eigenvalue weighted by Gasteiger charge is -2.27. The molecular weight excluding hydrogens is 438 g/mol. The second-order valence-corrected chi connectivity index (χ2v) is 10.6. The van der Waals surface area contributed by atoms with Crippen LogP contribution in [0.25, 0.3) is 0 Å². The summed E-state index contributed by atoms with van der Waals surface area (Å²) in [6.07, 6.45) is 5.55. The molecule has 2 N–H and O–H groups in total. The fourth-order valence-electron chi connectivity index (χ4n) is 4.40. The summed E-state index contributed by atoms with van der Waals surface area (Å²) < 4.78 is 33.1. The van der Waals surface area contributed by atoms with Gasteiger partial charge in [-0.15, -0.1) is 0 Å².